The quantitative estimate of drug-likeness (QED) is 0.821. The summed E-state index contributed by atoms with van der Waals surface area (Å²) < 4.78 is 0.109. The van der Waals surface area contributed by atoms with Gasteiger partial charge in [0.2, 0.25) is 5.91 Å². The van der Waals surface area contributed by atoms with E-state index in [1.807, 2.05) is 18.7 Å². The van der Waals surface area contributed by atoms with Crippen LogP contribution >= 0.6 is 11.8 Å². The first-order chi connectivity index (χ1) is 7.98. The Labute approximate surface area is 108 Å². The van der Waals surface area contributed by atoms with E-state index in [9.17, 15) is 9.59 Å². The first-order valence-corrected chi connectivity index (χ1v) is 7.35. The van der Waals surface area contributed by atoms with Crippen LogP contribution in [-0.2, 0) is 4.79 Å². The Kier molecular flexibility index (Phi) is 4.86. The fourth-order valence-corrected chi connectivity index (χ4v) is 2.98. The number of hydrogen-bond acceptors (Lipinski definition) is 3. The van der Waals surface area contributed by atoms with Crippen LogP contribution in [0.15, 0.2) is 0 Å². The topological polar surface area (TPSA) is 49.4 Å². The molecule has 1 aliphatic rings. The van der Waals surface area contributed by atoms with Crippen LogP contribution in [0.2, 0.25) is 0 Å². The van der Waals surface area contributed by atoms with E-state index >= 15 is 0 Å². The van der Waals surface area contributed by atoms with E-state index in [0.717, 1.165) is 12.8 Å². The third-order valence-electron chi connectivity index (χ3n) is 3.66. The van der Waals surface area contributed by atoms with Gasteiger partial charge in [0.25, 0.3) is 0 Å². The van der Waals surface area contributed by atoms with Crippen molar-refractivity contribution in [3.8, 4) is 0 Å². The minimum absolute atomic E-state index is 0.109. The van der Waals surface area contributed by atoms with Gasteiger partial charge in [0.15, 0.2) is 0 Å². The standard InChI is InChI=1S/C12H22N2O2S/c1-5-12(6-2,17-4)8-14-7-9(3)10(15)13-11(14)16/h9H,5-8H2,1-4H3,(H,13,15,16). The molecule has 1 N–H and O–H groups in total. The minimum Gasteiger partial charge on any atom is -0.322 e. The largest absolute Gasteiger partial charge is 0.324 e. The number of nitrogens with zero attached hydrogens (tertiary/aromatic N) is 1. The number of carbonyl (C=O) groups is 2. The maximum absolute atomic E-state index is 11.8. The van der Waals surface area contributed by atoms with Crippen molar-refractivity contribution in [2.75, 3.05) is 19.3 Å². The number of carbonyl (C=O) groups excluding carboxylic acids is 2. The highest BCUT2D eigenvalue weighted by molar-refractivity contribution is 8.00. The van der Waals surface area contributed by atoms with Gasteiger partial charge in [-0.05, 0) is 19.1 Å². The second kappa shape index (κ2) is 5.76. The summed E-state index contributed by atoms with van der Waals surface area (Å²) in [7, 11) is 0. The average molecular weight is 258 g/mol. The Morgan fingerprint density at radius 3 is 2.47 bits per heavy atom. The Hall–Kier alpha value is -0.710. The Morgan fingerprint density at radius 1 is 1.41 bits per heavy atom. The second-order valence-corrected chi connectivity index (χ2v) is 5.94. The summed E-state index contributed by atoms with van der Waals surface area (Å²) >= 11 is 1.81. The summed E-state index contributed by atoms with van der Waals surface area (Å²) in [6.07, 6.45) is 4.14. The first kappa shape index (κ1) is 14.4. The van der Waals surface area contributed by atoms with Crippen LogP contribution in [0, 0.1) is 5.92 Å². The van der Waals surface area contributed by atoms with Crippen molar-refractivity contribution in [2.45, 2.75) is 38.4 Å². The highest BCUT2D eigenvalue weighted by atomic mass is 32.2. The molecule has 0 aromatic heterocycles. The number of thioether (sulfide) groups is 1. The summed E-state index contributed by atoms with van der Waals surface area (Å²) in [4.78, 5) is 24.9. The predicted molar refractivity (Wildman–Crippen MR) is 71.1 cm³/mol. The van der Waals surface area contributed by atoms with Crippen molar-refractivity contribution in [3.05, 3.63) is 0 Å². The normalized spacial score (nSPS) is 21.6. The summed E-state index contributed by atoms with van der Waals surface area (Å²) in [5.74, 6) is -0.269. The fraction of sp³-hybridized carbons (Fsp3) is 0.833. The van der Waals surface area contributed by atoms with Gasteiger partial charge in [0.1, 0.15) is 0 Å². The molecule has 0 spiro atoms. The molecule has 0 aliphatic carbocycles. The maximum Gasteiger partial charge on any atom is 0.324 e. The van der Waals surface area contributed by atoms with Gasteiger partial charge in [0, 0.05) is 17.8 Å². The zero-order valence-corrected chi connectivity index (χ0v) is 11.9. The third kappa shape index (κ3) is 3.15. The zero-order chi connectivity index (χ0) is 13.1. The summed E-state index contributed by atoms with van der Waals surface area (Å²) in [6, 6.07) is -0.242. The highest BCUT2D eigenvalue weighted by Crippen LogP contribution is 2.32. The van der Waals surface area contributed by atoms with E-state index < -0.39 is 0 Å². The maximum atomic E-state index is 11.8. The number of imide groups is 1. The molecule has 0 radical (unpaired) electrons. The van der Waals surface area contributed by atoms with Crippen LogP contribution in [0.1, 0.15) is 33.6 Å². The predicted octanol–water partition coefficient (Wildman–Crippen LogP) is 2.10. The molecule has 1 rings (SSSR count). The Balaban J connectivity index is 2.73. The van der Waals surface area contributed by atoms with Crippen LogP contribution < -0.4 is 5.32 Å². The van der Waals surface area contributed by atoms with E-state index in [4.69, 9.17) is 0 Å². The molecule has 1 fully saturated rings. The summed E-state index contributed by atoms with van der Waals surface area (Å²) in [5, 5.41) is 2.41. The third-order valence-corrected chi connectivity index (χ3v) is 5.23. The first-order valence-electron chi connectivity index (χ1n) is 6.13. The van der Waals surface area contributed by atoms with Crippen molar-refractivity contribution in [2.24, 2.45) is 5.92 Å². The van der Waals surface area contributed by atoms with Gasteiger partial charge in [0.05, 0.1) is 5.92 Å². The number of urea groups is 1. The molecule has 98 valence electrons. The highest BCUT2D eigenvalue weighted by Gasteiger charge is 2.35. The second-order valence-electron chi connectivity index (χ2n) is 4.67. The van der Waals surface area contributed by atoms with Crippen LogP contribution in [0.3, 0.4) is 0 Å². The molecule has 1 unspecified atom stereocenters. The molecule has 0 aromatic carbocycles. The van der Waals surface area contributed by atoms with E-state index in [-0.39, 0.29) is 22.6 Å². The summed E-state index contributed by atoms with van der Waals surface area (Å²) in [5.41, 5.74) is 0. The molecule has 3 amide bonds. The van der Waals surface area contributed by atoms with Crippen LogP contribution in [0.4, 0.5) is 4.79 Å². The molecule has 1 heterocycles. The fourth-order valence-electron chi connectivity index (χ4n) is 2.12. The number of amides is 3. The van der Waals surface area contributed by atoms with Crippen LogP contribution in [-0.4, -0.2) is 40.9 Å². The van der Waals surface area contributed by atoms with Gasteiger partial charge in [-0.3, -0.25) is 10.1 Å². The van der Waals surface area contributed by atoms with Gasteiger partial charge in [-0.2, -0.15) is 11.8 Å². The van der Waals surface area contributed by atoms with Crippen molar-refractivity contribution >= 4 is 23.7 Å². The Morgan fingerprint density at radius 2 is 2.00 bits per heavy atom. The lowest BCUT2D eigenvalue weighted by Crippen LogP contribution is -2.56. The smallest absolute Gasteiger partial charge is 0.322 e. The SMILES string of the molecule is CCC(CC)(CN1CC(C)C(=O)NC1=O)SC. The molecule has 5 heteroatoms. The molecule has 0 aromatic rings. The van der Waals surface area contributed by atoms with E-state index in [0.29, 0.717) is 13.1 Å². The number of rotatable bonds is 5. The van der Waals surface area contributed by atoms with Crippen molar-refractivity contribution in [3.63, 3.8) is 0 Å². The monoisotopic (exact) mass is 258 g/mol. The van der Waals surface area contributed by atoms with E-state index in [1.165, 1.54) is 0 Å². The zero-order valence-electron chi connectivity index (χ0n) is 11.1. The van der Waals surface area contributed by atoms with Gasteiger partial charge in [-0.15, -0.1) is 0 Å². The average Bonchev–Trinajstić information content (AvgIpc) is 2.33. The Bertz CT molecular complexity index is 295. The van der Waals surface area contributed by atoms with Crippen molar-refractivity contribution in [1.82, 2.24) is 10.2 Å². The molecule has 4 nitrogen and oxygen atoms in total. The van der Waals surface area contributed by atoms with E-state index in [2.05, 4.69) is 25.4 Å². The molecule has 0 saturated carbocycles. The molecule has 17 heavy (non-hydrogen) atoms. The summed E-state index contributed by atoms with van der Waals surface area (Å²) in [6.45, 7) is 7.40. The number of hydrogen-bond donors (Lipinski definition) is 1. The molecular formula is C12H22N2O2S. The van der Waals surface area contributed by atoms with Crippen LogP contribution in [0.5, 0.6) is 0 Å². The molecular weight excluding hydrogens is 236 g/mol. The lowest BCUT2D eigenvalue weighted by Gasteiger charge is -2.38. The van der Waals surface area contributed by atoms with Gasteiger partial charge < -0.3 is 4.90 Å². The van der Waals surface area contributed by atoms with Crippen molar-refractivity contribution < 1.29 is 9.59 Å². The van der Waals surface area contributed by atoms with Gasteiger partial charge >= 0.3 is 6.03 Å². The molecule has 0 bridgehead atoms. The lowest BCUT2D eigenvalue weighted by atomic mass is 10.00. The van der Waals surface area contributed by atoms with E-state index in [1.54, 1.807) is 4.90 Å². The molecule has 1 saturated heterocycles. The number of nitrogens with one attached hydrogen (secondary N) is 1. The minimum atomic E-state index is -0.242. The van der Waals surface area contributed by atoms with Gasteiger partial charge in [-0.25, -0.2) is 4.79 Å². The van der Waals surface area contributed by atoms with Crippen molar-refractivity contribution in [1.29, 1.82) is 0 Å². The molecule has 1 atom stereocenters. The molecule has 1 aliphatic heterocycles. The van der Waals surface area contributed by atoms with Crippen LogP contribution in [0.25, 0.3) is 0 Å². The van der Waals surface area contributed by atoms with Gasteiger partial charge in [-0.1, -0.05) is 20.8 Å². The lowest BCUT2D eigenvalue weighted by molar-refractivity contribution is -0.125.